The fraction of sp³-hybridized carbons (Fsp3) is 0.290. The molecule has 6 heteroatoms. The first-order chi connectivity index (χ1) is 18.0. The van der Waals surface area contributed by atoms with Crippen molar-refractivity contribution in [3.05, 3.63) is 126 Å². The highest BCUT2D eigenvalue weighted by atomic mass is 16.7. The van der Waals surface area contributed by atoms with E-state index in [0.717, 1.165) is 22.4 Å². The monoisotopic (exact) mass is 495 g/mol. The first kappa shape index (κ1) is 24.9. The topological polar surface area (TPSA) is 65.4 Å². The van der Waals surface area contributed by atoms with E-state index in [2.05, 4.69) is 88.9 Å². The molecule has 3 aromatic carbocycles. The molecule has 1 amide bonds. The average molecular weight is 496 g/mol. The summed E-state index contributed by atoms with van der Waals surface area (Å²) in [5.74, 6) is -0.617. The van der Waals surface area contributed by atoms with Gasteiger partial charge in [0.05, 0.1) is 18.6 Å². The van der Waals surface area contributed by atoms with E-state index in [1.807, 2.05) is 38.4 Å². The molecule has 1 unspecified atom stereocenters. The molecule has 0 saturated carbocycles. The Balaban J connectivity index is 1.40. The van der Waals surface area contributed by atoms with Crippen LogP contribution in [-0.4, -0.2) is 40.5 Å². The molecule has 1 saturated heterocycles. The Morgan fingerprint density at radius 3 is 1.97 bits per heavy atom. The normalized spacial score (nSPS) is 17.0. The van der Waals surface area contributed by atoms with Crippen LogP contribution >= 0.6 is 0 Å². The van der Waals surface area contributed by atoms with Crippen LogP contribution in [0.5, 0.6) is 0 Å². The van der Waals surface area contributed by atoms with E-state index < -0.39 is 11.3 Å². The zero-order valence-electron chi connectivity index (χ0n) is 21.3. The van der Waals surface area contributed by atoms with Gasteiger partial charge in [-0.25, -0.2) is 4.98 Å². The summed E-state index contributed by atoms with van der Waals surface area (Å²) in [5, 5.41) is 2.97. The average Bonchev–Trinajstić information content (AvgIpc) is 3.55. The SMILES string of the molecule is CC1(C)OCC(CNC(=O)CCc2cn(C(c3ccccc3)(c3ccccc3)c3ccccc3)cn2)O1. The Hall–Kier alpha value is -3.74. The van der Waals surface area contributed by atoms with Crippen LogP contribution in [0.3, 0.4) is 0 Å². The van der Waals surface area contributed by atoms with Gasteiger partial charge in [-0.15, -0.1) is 0 Å². The van der Waals surface area contributed by atoms with Crippen molar-refractivity contribution in [3.63, 3.8) is 0 Å². The van der Waals surface area contributed by atoms with Crippen molar-refractivity contribution < 1.29 is 14.3 Å². The van der Waals surface area contributed by atoms with E-state index in [1.165, 1.54) is 0 Å². The number of rotatable bonds is 9. The molecule has 0 radical (unpaired) electrons. The summed E-state index contributed by atoms with van der Waals surface area (Å²) < 4.78 is 13.5. The highest BCUT2D eigenvalue weighted by Crippen LogP contribution is 2.40. The van der Waals surface area contributed by atoms with Gasteiger partial charge in [-0.1, -0.05) is 91.0 Å². The lowest BCUT2D eigenvalue weighted by molar-refractivity contribution is -0.139. The summed E-state index contributed by atoms with van der Waals surface area (Å²) in [5.41, 5.74) is 3.66. The molecule has 4 aromatic rings. The quantitative estimate of drug-likeness (QED) is 0.335. The largest absolute Gasteiger partial charge is 0.353 e. The Labute approximate surface area is 218 Å². The van der Waals surface area contributed by atoms with E-state index in [1.54, 1.807) is 0 Å². The molecule has 2 heterocycles. The maximum Gasteiger partial charge on any atom is 0.220 e. The third-order valence-electron chi connectivity index (χ3n) is 6.80. The van der Waals surface area contributed by atoms with Crippen LogP contribution in [0.15, 0.2) is 104 Å². The number of aryl methyl sites for hydroxylation is 1. The van der Waals surface area contributed by atoms with Crippen LogP contribution in [0.4, 0.5) is 0 Å². The summed E-state index contributed by atoms with van der Waals surface area (Å²) in [6.07, 6.45) is 4.72. The Morgan fingerprint density at radius 2 is 1.49 bits per heavy atom. The molecule has 1 aromatic heterocycles. The number of nitrogens with zero attached hydrogens (tertiary/aromatic N) is 2. The van der Waals surface area contributed by atoms with E-state index in [4.69, 9.17) is 14.5 Å². The summed E-state index contributed by atoms with van der Waals surface area (Å²) in [4.78, 5) is 17.3. The van der Waals surface area contributed by atoms with Gasteiger partial charge in [-0.2, -0.15) is 0 Å². The second kappa shape index (κ2) is 10.7. The van der Waals surface area contributed by atoms with Gasteiger partial charge in [-0.05, 0) is 37.0 Å². The van der Waals surface area contributed by atoms with Crippen molar-refractivity contribution in [3.8, 4) is 0 Å². The standard InChI is InChI=1S/C31H33N3O3/c1-30(2)36-22-28(37-30)20-32-29(35)19-18-27-21-34(23-33-27)31(24-12-6-3-7-13-24,25-14-8-4-9-15-25)26-16-10-5-11-17-26/h3-17,21,23,28H,18-20,22H2,1-2H3,(H,32,35). The van der Waals surface area contributed by atoms with E-state index in [-0.39, 0.29) is 12.0 Å². The third-order valence-corrected chi connectivity index (χ3v) is 6.80. The molecule has 6 nitrogen and oxygen atoms in total. The summed E-state index contributed by atoms with van der Waals surface area (Å²) in [7, 11) is 0. The predicted octanol–water partition coefficient (Wildman–Crippen LogP) is 4.92. The minimum absolute atomic E-state index is 0.0247. The van der Waals surface area contributed by atoms with Crippen LogP contribution in [0.25, 0.3) is 0 Å². The fourth-order valence-electron chi connectivity index (χ4n) is 5.08. The molecule has 190 valence electrons. The molecule has 1 fully saturated rings. The molecule has 5 rings (SSSR count). The minimum Gasteiger partial charge on any atom is -0.353 e. The van der Waals surface area contributed by atoms with Crippen LogP contribution in [0, 0.1) is 0 Å². The predicted molar refractivity (Wildman–Crippen MR) is 143 cm³/mol. The first-order valence-electron chi connectivity index (χ1n) is 12.8. The van der Waals surface area contributed by atoms with Gasteiger partial charge in [0, 0.05) is 19.2 Å². The maximum absolute atomic E-state index is 12.6. The molecule has 1 N–H and O–H groups in total. The minimum atomic E-state index is -0.607. The van der Waals surface area contributed by atoms with E-state index in [9.17, 15) is 4.79 Å². The second-order valence-electron chi connectivity index (χ2n) is 9.84. The van der Waals surface area contributed by atoms with Crippen molar-refractivity contribution in [1.82, 2.24) is 14.9 Å². The number of imidazole rings is 1. The van der Waals surface area contributed by atoms with Crippen LogP contribution in [0.1, 0.15) is 42.7 Å². The lowest BCUT2D eigenvalue weighted by Gasteiger charge is -2.37. The number of carbonyl (C=O) groups is 1. The van der Waals surface area contributed by atoms with Gasteiger partial charge in [0.25, 0.3) is 0 Å². The Bertz CT molecular complexity index is 1210. The summed E-state index contributed by atoms with van der Waals surface area (Å²) in [6, 6.07) is 31.4. The van der Waals surface area contributed by atoms with Crippen molar-refractivity contribution in [2.24, 2.45) is 0 Å². The highest BCUT2D eigenvalue weighted by molar-refractivity contribution is 5.76. The summed E-state index contributed by atoms with van der Waals surface area (Å²) >= 11 is 0. The van der Waals surface area contributed by atoms with Gasteiger partial charge >= 0.3 is 0 Å². The molecule has 1 aliphatic rings. The molecule has 1 atom stereocenters. The van der Waals surface area contributed by atoms with Crippen molar-refractivity contribution in [1.29, 1.82) is 0 Å². The highest BCUT2D eigenvalue weighted by Gasteiger charge is 2.38. The molecule has 0 bridgehead atoms. The molecular formula is C31H33N3O3. The fourth-order valence-corrected chi connectivity index (χ4v) is 5.08. The van der Waals surface area contributed by atoms with E-state index >= 15 is 0 Å². The van der Waals surface area contributed by atoms with Gasteiger partial charge in [-0.3, -0.25) is 4.79 Å². The van der Waals surface area contributed by atoms with Crippen LogP contribution in [-0.2, 0) is 26.2 Å². The number of carbonyl (C=O) groups excluding carboxylic acids is 1. The van der Waals surface area contributed by atoms with Gasteiger partial charge in [0.1, 0.15) is 11.6 Å². The zero-order chi connectivity index (χ0) is 25.7. The number of benzene rings is 3. The van der Waals surface area contributed by atoms with Crippen LogP contribution in [0.2, 0.25) is 0 Å². The molecular weight excluding hydrogens is 462 g/mol. The maximum atomic E-state index is 12.6. The molecule has 37 heavy (non-hydrogen) atoms. The smallest absolute Gasteiger partial charge is 0.220 e. The zero-order valence-corrected chi connectivity index (χ0v) is 21.3. The number of aromatic nitrogens is 2. The second-order valence-corrected chi connectivity index (χ2v) is 9.84. The molecule has 0 aliphatic carbocycles. The van der Waals surface area contributed by atoms with Gasteiger partial charge < -0.3 is 19.4 Å². The lowest BCUT2D eigenvalue weighted by atomic mass is 9.77. The number of nitrogens with one attached hydrogen (secondary N) is 1. The van der Waals surface area contributed by atoms with Crippen molar-refractivity contribution in [2.45, 2.75) is 44.1 Å². The van der Waals surface area contributed by atoms with Crippen molar-refractivity contribution >= 4 is 5.91 Å². The van der Waals surface area contributed by atoms with Gasteiger partial charge in [0.2, 0.25) is 5.91 Å². The van der Waals surface area contributed by atoms with E-state index in [0.29, 0.717) is 26.0 Å². The van der Waals surface area contributed by atoms with Crippen molar-refractivity contribution in [2.75, 3.05) is 13.2 Å². The summed E-state index contributed by atoms with van der Waals surface area (Å²) in [6.45, 7) is 4.69. The Morgan fingerprint density at radius 1 is 0.946 bits per heavy atom. The Kier molecular flexibility index (Phi) is 7.22. The number of amides is 1. The number of ether oxygens (including phenoxy) is 2. The first-order valence-corrected chi connectivity index (χ1v) is 12.8. The lowest BCUT2D eigenvalue weighted by Crippen LogP contribution is -2.37. The van der Waals surface area contributed by atoms with Crippen LogP contribution < -0.4 is 5.32 Å². The molecule has 0 spiro atoms. The molecule has 1 aliphatic heterocycles. The van der Waals surface area contributed by atoms with Gasteiger partial charge in [0.15, 0.2) is 5.79 Å². The number of hydrogen-bond acceptors (Lipinski definition) is 4. The third kappa shape index (κ3) is 5.36. The number of hydrogen-bond donors (Lipinski definition) is 1.